The summed E-state index contributed by atoms with van der Waals surface area (Å²) in [6, 6.07) is 3.98. The lowest BCUT2D eigenvalue weighted by Gasteiger charge is -2.54. The second-order valence-electron chi connectivity index (χ2n) is 7.85. The molecule has 26 heavy (non-hydrogen) atoms. The minimum atomic E-state index is -0.0465. The largest absolute Gasteiger partial charge is 0.378 e. The van der Waals surface area contributed by atoms with Gasteiger partial charge in [0.15, 0.2) is 5.82 Å². The Morgan fingerprint density at radius 3 is 2.62 bits per heavy atom. The first-order valence-corrected chi connectivity index (χ1v) is 9.19. The smallest absolute Gasteiger partial charge is 0.255 e. The molecule has 1 aliphatic carbocycles. The number of rotatable bonds is 5. The van der Waals surface area contributed by atoms with Crippen LogP contribution in [0.1, 0.15) is 54.7 Å². The van der Waals surface area contributed by atoms with E-state index in [1.54, 1.807) is 0 Å². The molecule has 2 unspecified atom stereocenters. The topological polar surface area (TPSA) is 60.5 Å². The molecule has 3 rings (SSSR count). The zero-order valence-electron chi connectivity index (χ0n) is 16.8. The predicted octanol–water partition coefficient (Wildman–Crippen LogP) is 3.67. The molecule has 2 atom stereocenters. The van der Waals surface area contributed by atoms with Gasteiger partial charge in [0.1, 0.15) is 5.76 Å². The van der Waals surface area contributed by atoms with Crippen LogP contribution in [0.5, 0.6) is 0 Å². The Morgan fingerprint density at radius 1 is 1.38 bits per heavy atom. The van der Waals surface area contributed by atoms with E-state index >= 15 is 0 Å². The fourth-order valence-electron chi connectivity index (χ4n) is 4.13. The first kappa shape index (κ1) is 18.7. The minimum Gasteiger partial charge on any atom is -0.378 e. The molecule has 1 aliphatic rings. The van der Waals surface area contributed by atoms with E-state index in [-0.39, 0.29) is 23.5 Å². The summed E-state index contributed by atoms with van der Waals surface area (Å²) in [7, 11) is 1.89. The summed E-state index contributed by atoms with van der Waals surface area (Å²) >= 11 is 0. The van der Waals surface area contributed by atoms with Crippen molar-refractivity contribution in [1.82, 2.24) is 14.6 Å². The Balaban J connectivity index is 1.85. The number of ether oxygens (including phenoxy) is 1. The van der Waals surface area contributed by atoms with Crippen LogP contribution in [0, 0.1) is 26.2 Å². The molecule has 0 saturated heterocycles. The van der Waals surface area contributed by atoms with Crippen LogP contribution in [-0.2, 0) is 4.74 Å². The monoisotopic (exact) mass is 359 g/mol. The number of amides is 1. The van der Waals surface area contributed by atoms with Crippen molar-refractivity contribution in [3.63, 3.8) is 0 Å². The quantitative estimate of drug-likeness (QED) is 0.817. The molecule has 6 heteroatoms. The lowest BCUT2D eigenvalue weighted by molar-refractivity contribution is -0.136. The van der Waals surface area contributed by atoms with Crippen molar-refractivity contribution >= 4 is 5.91 Å². The average Bonchev–Trinajstić information content (AvgIpc) is 3.12. The fourth-order valence-corrected chi connectivity index (χ4v) is 4.13. The highest BCUT2D eigenvalue weighted by Crippen LogP contribution is 2.45. The maximum Gasteiger partial charge on any atom is 0.255 e. The molecule has 1 fully saturated rings. The van der Waals surface area contributed by atoms with Gasteiger partial charge >= 0.3 is 0 Å². The third-order valence-corrected chi connectivity index (χ3v) is 5.79. The molecule has 2 heterocycles. The van der Waals surface area contributed by atoms with Gasteiger partial charge in [-0.25, -0.2) is 0 Å². The van der Waals surface area contributed by atoms with Gasteiger partial charge in [0.2, 0.25) is 0 Å². The van der Waals surface area contributed by atoms with Gasteiger partial charge in [-0.1, -0.05) is 19.0 Å². The van der Waals surface area contributed by atoms with E-state index < -0.39 is 0 Å². The van der Waals surface area contributed by atoms with Crippen LogP contribution >= 0.6 is 0 Å². The Kier molecular flexibility index (Phi) is 4.73. The van der Waals surface area contributed by atoms with E-state index in [9.17, 15) is 4.79 Å². The highest BCUT2D eigenvalue weighted by atomic mass is 16.5. The van der Waals surface area contributed by atoms with Gasteiger partial charge in [-0.05, 0) is 40.2 Å². The summed E-state index contributed by atoms with van der Waals surface area (Å²) in [6.07, 6.45) is 1.09. The van der Waals surface area contributed by atoms with Gasteiger partial charge in [0, 0.05) is 42.6 Å². The van der Waals surface area contributed by atoms with Crippen molar-refractivity contribution in [3.8, 4) is 5.82 Å². The fraction of sp³-hybridized carbons (Fsp3) is 0.600. The van der Waals surface area contributed by atoms with E-state index in [1.807, 2.05) is 56.3 Å². The normalized spacial score (nSPS) is 21.5. The first-order chi connectivity index (χ1) is 12.2. The zero-order valence-corrected chi connectivity index (χ0v) is 16.8. The molecule has 1 saturated carbocycles. The number of nitrogens with zero attached hydrogens (tertiary/aromatic N) is 3. The molecule has 6 nitrogen and oxygen atoms in total. The minimum absolute atomic E-state index is 0.0394. The van der Waals surface area contributed by atoms with Gasteiger partial charge in [-0.15, -0.1) is 0 Å². The maximum atomic E-state index is 13.2. The van der Waals surface area contributed by atoms with Crippen LogP contribution in [0.15, 0.2) is 16.7 Å². The van der Waals surface area contributed by atoms with Crippen molar-refractivity contribution in [3.05, 3.63) is 34.8 Å². The second-order valence-corrected chi connectivity index (χ2v) is 7.85. The molecule has 2 aromatic heterocycles. The second kappa shape index (κ2) is 6.58. The van der Waals surface area contributed by atoms with Crippen LogP contribution in [-0.4, -0.2) is 46.3 Å². The van der Waals surface area contributed by atoms with E-state index in [1.165, 1.54) is 0 Å². The number of carbonyl (C=O) groups excluding carboxylic acids is 1. The van der Waals surface area contributed by atoms with Crippen molar-refractivity contribution < 1.29 is 14.1 Å². The molecule has 142 valence electrons. The summed E-state index contributed by atoms with van der Waals surface area (Å²) < 4.78 is 13.0. The molecule has 0 radical (unpaired) electrons. The summed E-state index contributed by atoms with van der Waals surface area (Å²) in [5.41, 5.74) is 2.51. The Hall–Kier alpha value is -2.08. The van der Waals surface area contributed by atoms with E-state index in [4.69, 9.17) is 9.26 Å². The maximum absolute atomic E-state index is 13.2. The number of carbonyl (C=O) groups is 1. The zero-order chi connectivity index (χ0) is 19.2. The van der Waals surface area contributed by atoms with Crippen molar-refractivity contribution in [1.29, 1.82) is 0 Å². The van der Waals surface area contributed by atoms with E-state index in [0.717, 1.165) is 23.6 Å². The third kappa shape index (κ3) is 2.86. The average molecular weight is 359 g/mol. The number of aromatic nitrogens is 2. The Bertz CT molecular complexity index is 818. The highest BCUT2D eigenvalue weighted by Gasteiger charge is 2.52. The SMILES string of the molecule is CCOC1CC(N(C)C(=O)c2cc(C)n(-c3cc(C)on3)c2C)C1(C)C. The number of hydrogen-bond donors (Lipinski definition) is 0. The van der Waals surface area contributed by atoms with Crippen LogP contribution in [0.3, 0.4) is 0 Å². The predicted molar refractivity (Wildman–Crippen MR) is 99.7 cm³/mol. The van der Waals surface area contributed by atoms with Crippen LogP contribution in [0.25, 0.3) is 5.82 Å². The lowest BCUT2D eigenvalue weighted by atomic mass is 9.63. The van der Waals surface area contributed by atoms with Gasteiger partial charge in [-0.2, -0.15) is 0 Å². The van der Waals surface area contributed by atoms with E-state index in [2.05, 4.69) is 19.0 Å². The van der Waals surface area contributed by atoms with Crippen LogP contribution < -0.4 is 0 Å². The molecular formula is C20H29N3O3. The first-order valence-electron chi connectivity index (χ1n) is 9.19. The third-order valence-electron chi connectivity index (χ3n) is 5.79. The Labute approximate surface area is 155 Å². The van der Waals surface area contributed by atoms with Gasteiger partial charge in [-0.3, -0.25) is 9.36 Å². The number of aryl methyl sites for hydroxylation is 2. The van der Waals surface area contributed by atoms with Crippen LogP contribution in [0.4, 0.5) is 0 Å². The number of hydrogen-bond acceptors (Lipinski definition) is 4. The molecule has 0 N–H and O–H groups in total. The van der Waals surface area contributed by atoms with E-state index in [0.29, 0.717) is 18.0 Å². The molecule has 0 aliphatic heterocycles. The molecule has 2 aromatic rings. The van der Waals surface area contributed by atoms with Crippen molar-refractivity contribution in [2.24, 2.45) is 5.41 Å². The van der Waals surface area contributed by atoms with Crippen LogP contribution in [0.2, 0.25) is 0 Å². The summed E-state index contributed by atoms with van der Waals surface area (Å²) in [6.45, 7) is 12.9. The molecular weight excluding hydrogens is 330 g/mol. The molecule has 0 aromatic carbocycles. The molecule has 1 amide bonds. The highest BCUT2D eigenvalue weighted by molar-refractivity contribution is 5.96. The van der Waals surface area contributed by atoms with Crippen molar-refractivity contribution in [2.75, 3.05) is 13.7 Å². The summed E-state index contributed by atoms with van der Waals surface area (Å²) in [5.74, 6) is 1.49. The standard InChI is InChI=1S/C20H29N3O3/c1-8-25-17-11-16(20(17,5)6)22(7)19(24)15-9-12(2)23(14(15)4)18-10-13(3)26-21-18/h9-10,16-17H,8,11H2,1-7H3. The molecule has 0 spiro atoms. The summed E-state index contributed by atoms with van der Waals surface area (Å²) in [4.78, 5) is 15.1. The van der Waals surface area contributed by atoms with Gasteiger partial charge in [0.05, 0.1) is 11.7 Å². The van der Waals surface area contributed by atoms with Crippen molar-refractivity contribution in [2.45, 2.75) is 60.1 Å². The lowest BCUT2D eigenvalue weighted by Crippen LogP contribution is -2.62. The van der Waals surface area contributed by atoms with Gasteiger partial charge < -0.3 is 14.2 Å². The summed E-state index contributed by atoms with van der Waals surface area (Å²) in [5, 5.41) is 4.09. The van der Waals surface area contributed by atoms with Gasteiger partial charge in [0.25, 0.3) is 5.91 Å². The molecule has 0 bridgehead atoms. The Morgan fingerprint density at radius 2 is 2.08 bits per heavy atom.